The van der Waals surface area contributed by atoms with Crippen LogP contribution >= 0.6 is 0 Å². The maximum atomic E-state index is 11.4. The van der Waals surface area contributed by atoms with E-state index in [0.717, 1.165) is 4.90 Å². The largest absolute Gasteiger partial charge is 0.480 e. The number of hydrogen-bond acceptors (Lipinski definition) is 4. The fraction of sp³-hybridized carbons (Fsp3) is 0.182. The first-order valence-corrected chi connectivity index (χ1v) is 4.66. The number of benzene rings is 1. The third-order valence-corrected chi connectivity index (χ3v) is 2.00. The van der Waals surface area contributed by atoms with Crippen LogP contribution < -0.4 is 4.90 Å². The summed E-state index contributed by atoms with van der Waals surface area (Å²) in [6.07, 6.45) is -0.767. The van der Waals surface area contributed by atoms with Gasteiger partial charge in [0.2, 0.25) is 0 Å². The van der Waals surface area contributed by atoms with Crippen LogP contribution in [-0.2, 0) is 9.53 Å². The van der Waals surface area contributed by atoms with Gasteiger partial charge in [-0.3, -0.25) is 9.69 Å². The number of nitriles is 1. The van der Waals surface area contributed by atoms with Crippen molar-refractivity contribution in [2.75, 3.05) is 18.6 Å². The highest BCUT2D eigenvalue weighted by atomic mass is 16.5. The molecule has 1 N–H and O–H groups in total. The van der Waals surface area contributed by atoms with E-state index in [2.05, 4.69) is 4.74 Å². The van der Waals surface area contributed by atoms with Crippen molar-refractivity contribution in [1.82, 2.24) is 0 Å². The monoisotopic (exact) mass is 234 g/mol. The third-order valence-electron chi connectivity index (χ3n) is 2.00. The number of rotatable bonds is 3. The van der Waals surface area contributed by atoms with Crippen LogP contribution in [0.5, 0.6) is 0 Å². The van der Waals surface area contributed by atoms with Gasteiger partial charge < -0.3 is 9.84 Å². The maximum Gasteiger partial charge on any atom is 0.414 e. The molecular weight excluding hydrogens is 224 g/mol. The SMILES string of the molecule is COC(=O)N(CC(=O)O)c1ccc(C#N)cc1. The van der Waals surface area contributed by atoms with E-state index in [9.17, 15) is 9.59 Å². The van der Waals surface area contributed by atoms with Crippen LogP contribution in [-0.4, -0.2) is 30.8 Å². The first-order chi connectivity index (χ1) is 8.08. The Hall–Kier alpha value is -2.55. The Kier molecular flexibility index (Phi) is 4.06. The number of amides is 1. The molecule has 0 aliphatic heterocycles. The standard InChI is InChI=1S/C11H10N2O4/c1-17-11(16)13(7-10(14)15)9-4-2-8(6-12)3-5-9/h2-5H,7H2,1H3,(H,14,15). The molecule has 1 rings (SSSR count). The van der Waals surface area contributed by atoms with Gasteiger partial charge in [0.1, 0.15) is 6.54 Å². The molecule has 0 spiro atoms. The van der Waals surface area contributed by atoms with Gasteiger partial charge in [0.05, 0.1) is 18.7 Å². The van der Waals surface area contributed by atoms with Crippen LogP contribution in [0.1, 0.15) is 5.56 Å². The summed E-state index contributed by atoms with van der Waals surface area (Å²) in [5.74, 6) is -1.15. The zero-order chi connectivity index (χ0) is 12.8. The van der Waals surface area contributed by atoms with Gasteiger partial charge >= 0.3 is 12.1 Å². The van der Waals surface area contributed by atoms with Gasteiger partial charge in [-0.2, -0.15) is 5.26 Å². The molecule has 0 fully saturated rings. The Bertz CT molecular complexity index is 461. The van der Waals surface area contributed by atoms with E-state index in [1.54, 1.807) is 0 Å². The lowest BCUT2D eigenvalue weighted by molar-refractivity contribution is -0.135. The van der Waals surface area contributed by atoms with Gasteiger partial charge in [-0.15, -0.1) is 0 Å². The number of carbonyl (C=O) groups is 2. The summed E-state index contributed by atoms with van der Waals surface area (Å²) < 4.78 is 4.48. The summed E-state index contributed by atoms with van der Waals surface area (Å²) in [5.41, 5.74) is 0.784. The fourth-order valence-electron chi connectivity index (χ4n) is 1.22. The number of carboxylic acid groups (broad SMARTS) is 1. The molecule has 6 heteroatoms. The van der Waals surface area contributed by atoms with E-state index < -0.39 is 18.6 Å². The third kappa shape index (κ3) is 3.21. The van der Waals surface area contributed by atoms with Gasteiger partial charge in [-0.1, -0.05) is 0 Å². The first kappa shape index (κ1) is 12.5. The molecule has 17 heavy (non-hydrogen) atoms. The molecule has 0 bridgehead atoms. The van der Waals surface area contributed by atoms with E-state index in [0.29, 0.717) is 11.3 Å². The van der Waals surface area contributed by atoms with Crippen LogP contribution in [0.25, 0.3) is 0 Å². The maximum absolute atomic E-state index is 11.4. The van der Waals surface area contributed by atoms with Crippen molar-refractivity contribution in [2.24, 2.45) is 0 Å². The summed E-state index contributed by atoms with van der Waals surface area (Å²) in [5, 5.41) is 17.3. The van der Waals surface area contributed by atoms with Crippen molar-refractivity contribution in [3.8, 4) is 6.07 Å². The van der Waals surface area contributed by atoms with Crippen LogP contribution in [0, 0.1) is 11.3 Å². The predicted molar refractivity (Wildman–Crippen MR) is 58.5 cm³/mol. The zero-order valence-corrected chi connectivity index (χ0v) is 9.08. The average molecular weight is 234 g/mol. The molecule has 0 unspecified atom stereocenters. The Balaban J connectivity index is 3.00. The van der Waals surface area contributed by atoms with Gasteiger partial charge in [-0.05, 0) is 24.3 Å². The van der Waals surface area contributed by atoms with Gasteiger partial charge in [0, 0.05) is 5.69 Å². The number of nitrogens with zero attached hydrogens (tertiary/aromatic N) is 2. The zero-order valence-electron chi connectivity index (χ0n) is 9.08. The molecule has 0 aliphatic rings. The lowest BCUT2D eigenvalue weighted by atomic mass is 10.2. The number of aliphatic carboxylic acids is 1. The Morgan fingerprint density at radius 1 is 1.41 bits per heavy atom. The van der Waals surface area contributed by atoms with Crippen LogP contribution in [0.2, 0.25) is 0 Å². The minimum Gasteiger partial charge on any atom is -0.480 e. The van der Waals surface area contributed by atoms with Gasteiger partial charge in [0.15, 0.2) is 0 Å². The lowest BCUT2D eigenvalue weighted by Gasteiger charge is -2.18. The summed E-state index contributed by atoms with van der Waals surface area (Å²) in [4.78, 5) is 23.0. The molecule has 0 saturated heterocycles. The second-order valence-corrected chi connectivity index (χ2v) is 3.11. The summed E-state index contributed by atoms with van der Waals surface area (Å²) in [6, 6.07) is 7.88. The Labute approximate surface area is 97.6 Å². The van der Waals surface area contributed by atoms with Crippen LogP contribution in [0.15, 0.2) is 24.3 Å². The molecule has 1 aromatic carbocycles. The van der Waals surface area contributed by atoms with E-state index in [-0.39, 0.29) is 0 Å². The molecular formula is C11H10N2O4. The quantitative estimate of drug-likeness (QED) is 0.848. The molecule has 0 aliphatic carbocycles. The molecule has 1 amide bonds. The number of ether oxygens (including phenoxy) is 1. The highest BCUT2D eigenvalue weighted by Crippen LogP contribution is 2.15. The Morgan fingerprint density at radius 3 is 2.41 bits per heavy atom. The number of methoxy groups -OCH3 is 1. The van der Waals surface area contributed by atoms with Crippen molar-refractivity contribution in [2.45, 2.75) is 0 Å². The fourth-order valence-corrected chi connectivity index (χ4v) is 1.22. The molecule has 88 valence electrons. The summed E-state index contributed by atoms with van der Waals surface area (Å²) in [7, 11) is 1.17. The highest BCUT2D eigenvalue weighted by molar-refractivity contribution is 5.92. The predicted octanol–water partition coefficient (Wildman–Crippen LogP) is 1.22. The number of carbonyl (C=O) groups excluding carboxylic acids is 1. The van der Waals surface area contributed by atoms with E-state index >= 15 is 0 Å². The molecule has 6 nitrogen and oxygen atoms in total. The normalized spacial score (nSPS) is 9.18. The molecule has 1 aromatic rings. The molecule has 0 saturated carbocycles. The second kappa shape index (κ2) is 5.51. The molecule has 0 radical (unpaired) electrons. The molecule has 0 aromatic heterocycles. The van der Waals surface area contributed by atoms with E-state index in [1.165, 1.54) is 31.4 Å². The average Bonchev–Trinajstić information content (AvgIpc) is 2.35. The number of hydrogen-bond donors (Lipinski definition) is 1. The smallest absolute Gasteiger partial charge is 0.414 e. The van der Waals surface area contributed by atoms with E-state index in [4.69, 9.17) is 10.4 Å². The van der Waals surface area contributed by atoms with Crippen molar-refractivity contribution in [1.29, 1.82) is 5.26 Å². The van der Waals surface area contributed by atoms with Crippen molar-refractivity contribution < 1.29 is 19.4 Å². The molecule has 0 heterocycles. The topological polar surface area (TPSA) is 90.6 Å². The van der Waals surface area contributed by atoms with Crippen molar-refractivity contribution >= 4 is 17.7 Å². The van der Waals surface area contributed by atoms with Gasteiger partial charge in [0.25, 0.3) is 0 Å². The first-order valence-electron chi connectivity index (χ1n) is 4.66. The molecule has 0 atom stereocenters. The van der Waals surface area contributed by atoms with Gasteiger partial charge in [-0.25, -0.2) is 4.79 Å². The Morgan fingerprint density at radius 2 is 2.00 bits per heavy atom. The summed E-state index contributed by atoms with van der Waals surface area (Å²) in [6.45, 7) is -0.501. The van der Waals surface area contributed by atoms with Crippen LogP contribution in [0.3, 0.4) is 0 Å². The summed E-state index contributed by atoms with van der Waals surface area (Å²) >= 11 is 0. The van der Waals surface area contributed by atoms with Crippen molar-refractivity contribution in [3.63, 3.8) is 0 Å². The number of anilines is 1. The minimum atomic E-state index is -1.15. The van der Waals surface area contributed by atoms with Crippen LogP contribution in [0.4, 0.5) is 10.5 Å². The highest BCUT2D eigenvalue weighted by Gasteiger charge is 2.19. The second-order valence-electron chi connectivity index (χ2n) is 3.11. The van der Waals surface area contributed by atoms with E-state index in [1.807, 2.05) is 6.07 Å². The minimum absolute atomic E-state index is 0.359. The number of carboxylic acids is 1. The lowest BCUT2D eigenvalue weighted by Crippen LogP contribution is -2.35. The van der Waals surface area contributed by atoms with Crippen molar-refractivity contribution in [3.05, 3.63) is 29.8 Å².